The maximum Gasteiger partial charge on any atom is 0.0782 e. The molecule has 11 aromatic carbocycles. The van der Waals surface area contributed by atoms with Gasteiger partial charge in [-0.3, -0.25) is 0 Å². The second-order valence-corrected chi connectivity index (χ2v) is 18.0. The Hall–Kier alpha value is -8.92. The first-order valence-corrected chi connectivity index (χ1v) is 23.5. The fourth-order valence-corrected chi connectivity index (χ4v) is 11.9. The van der Waals surface area contributed by atoms with Crippen molar-refractivity contribution < 1.29 is 0 Å². The summed E-state index contributed by atoms with van der Waals surface area (Å²) in [6.07, 6.45) is 0. The summed E-state index contributed by atoms with van der Waals surface area (Å²) in [5.74, 6) is 0. The predicted octanol–water partition coefficient (Wildman–Crippen LogP) is 17.2. The van der Waals surface area contributed by atoms with E-state index in [0.717, 1.165) is 45.3 Å². The quantitative estimate of drug-likeness (QED) is 0.158. The first-order valence-electron chi connectivity index (χ1n) is 23.5. The molecule has 1 heterocycles. The van der Waals surface area contributed by atoms with Crippen LogP contribution in [0.5, 0.6) is 0 Å². The smallest absolute Gasteiger partial charge is 0.0782 e. The Kier molecular flexibility index (Phi) is 8.50. The lowest BCUT2D eigenvalue weighted by molar-refractivity contribution is 0.793. The average molecular weight is 866 g/mol. The largest absolute Gasteiger partial charge is 0.310 e. The number of rotatable bonds is 7. The van der Waals surface area contributed by atoms with E-state index in [9.17, 15) is 0 Å². The molecule has 0 bridgehead atoms. The average Bonchev–Trinajstić information content (AvgIpc) is 4.03. The van der Waals surface area contributed by atoms with Crippen LogP contribution in [0.25, 0.3) is 60.5 Å². The maximum absolute atomic E-state index is 2.52. The lowest BCUT2D eigenvalue weighted by Gasteiger charge is -2.36. The molecule has 12 aromatic rings. The molecule has 14 rings (SSSR count). The number of aromatic nitrogens is 1. The zero-order chi connectivity index (χ0) is 44.8. The molecule has 0 saturated heterocycles. The SMILES string of the molecule is c1ccc(N(c2ccccc2)c2cc3ccccc3c3c2C2(c4ccccc4-c4ccc(N(c5ccccc5)c5cccc6c7ccccc7n(-c7ccccc7)c56)cc42)c2ccccc2-3)cc1. The summed E-state index contributed by atoms with van der Waals surface area (Å²) in [6, 6.07) is 96.2. The Balaban J connectivity index is 1.11. The molecular formula is C65H43N3. The lowest BCUT2D eigenvalue weighted by Crippen LogP contribution is -2.28. The minimum absolute atomic E-state index is 0.678. The van der Waals surface area contributed by atoms with E-state index < -0.39 is 5.41 Å². The predicted molar refractivity (Wildman–Crippen MR) is 284 cm³/mol. The van der Waals surface area contributed by atoms with Crippen LogP contribution in [0.1, 0.15) is 22.3 Å². The Morgan fingerprint density at radius 2 is 0.838 bits per heavy atom. The molecule has 1 aromatic heterocycles. The molecule has 0 saturated carbocycles. The number of fused-ring (bicyclic) bond motifs is 15. The van der Waals surface area contributed by atoms with E-state index >= 15 is 0 Å². The number of nitrogens with zero attached hydrogens (tertiary/aromatic N) is 3. The highest BCUT2D eigenvalue weighted by Gasteiger charge is 2.54. The molecule has 0 aliphatic heterocycles. The van der Waals surface area contributed by atoms with Crippen LogP contribution in [0.4, 0.5) is 34.1 Å². The lowest BCUT2D eigenvalue weighted by atomic mass is 9.69. The zero-order valence-electron chi connectivity index (χ0n) is 37.2. The van der Waals surface area contributed by atoms with E-state index in [1.165, 1.54) is 71.6 Å². The first-order chi connectivity index (χ1) is 33.8. The minimum atomic E-state index is -0.678. The van der Waals surface area contributed by atoms with Gasteiger partial charge in [0.2, 0.25) is 0 Å². The van der Waals surface area contributed by atoms with Crippen molar-refractivity contribution >= 4 is 66.7 Å². The van der Waals surface area contributed by atoms with E-state index in [1.807, 2.05) is 0 Å². The van der Waals surface area contributed by atoms with Crippen molar-refractivity contribution in [2.45, 2.75) is 5.41 Å². The van der Waals surface area contributed by atoms with Crippen LogP contribution in [-0.4, -0.2) is 4.57 Å². The third-order valence-electron chi connectivity index (χ3n) is 14.5. The summed E-state index contributed by atoms with van der Waals surface area (Å²) in [5.41, 5.74) is 19.7. The third-order valence-corrected chi connectivity index (χ3v) is 14.5. The second kappa shape index (κ2) is 15.1. The monoisotopic (exact) mass is 865 g/mol. The molecule has 3 nitrogen and oxygen atoms in total. The molecule has 318 valence electrons. The van der Waals surface area contributed by atoms with E-state index in [-0.39, 0.29) is 0 Å². The van der Waals surface area contributed by atoms with E-state index in [1.54, 1.807) is 0 Å². The zero-order valence-corrected chi connectivity index (χ0v) is 37.2. The van der Waals surface area contributed by atoms with Crippen LogP contribution in [0.2, 0.25) is 0 Å². The van der Waals surface area contributed by atoms with Gasteiger partial charge in [-0.05, 0) is 129 Å². The highest BCUT2D eigenvalue weighted by molar-refractivity contribution is 6.15. The number of hydrogen-bond donors (Lipinski definition) is 0. The fourth-order valence-electron chi connectivity index (χ4n) is 11.9. The van der Waals surface area contributed by atoms with Gasteiger partial charge in [-0.1, -0.05) is 182 Å². The Morgan fingerprint density at radius 3 is 1.53 bits per heavy atom. The molecule has 2 aliphatic rings. The number of hydrogen-bond acceptors (Lipinski definition) is 2. The first kappa shape index (κ1) is 38.4. The van der Waals surface area contributed by atoms with Gasteiger partial charge in [0.1, 0.15) is 0 Å². The van der Waals surface area contributed by atoms with Crippen LogP contribution < -0.4 is 9.80 Å². The van der Waals surface area contributed by atoms with Crippen molar-refractivity contribution in [3.63, 3.8) is 0 Å². The normalized spacial score (nSPS) is 14.2. The van der Waals surface area contributed by atoms with Gasteiger partial charge in [-0.15, -0.1) is 0 Å². The van der Waals surface area contributed by atoms with Crippen LogP contribution in [-0.2, 0) is 5.41 Å². The van der Waals surface area contributed by atoms with Gasteiger partial charge in [-0.2, -0.15) is 0 Å². The number of benzene rings is 11. The highest BCUT2D eigenvalue weighted by atomic mass is 15.2. The van der Waals surface area contributed by atoms with Crippen molar-refractivity contribution in [1.29, 1.82) is 0 Å². The van der Waals surface area contributed by atoms with Gasteiger partial charge in [0.05, 0.1) is 27.8 Å². The van der Waals surface area contributed by atoms with Crippen molar-refractivity contribution in [2.24, 2.45) is 0 Å². The Morgan fingerprint density at radius 1 is 0.324 bits per heavy atom. The van der Waals surface area contributed by atoms with Gasteiger partial charge in [-0.25, -0.2) is 0 Å². The molecule has 0 fully saturated rings. The molecule has 0 N–H and O–H groups in total. The van der Waals surface area contributed by atoms with Crippen molar-refractivity contribution in [1.82, 2.24) is 4.57 Å². The number of anilines is 6. The third kappa shape index (κ3) is 5.41. The van der Waals surface area contributed by atoms with Crippen LogP contribution >= 0.6 is 0 Å². The molecule has 1 unspecified atom stereocenters. The fraction of sp³-hybridized carbons (Fsp3) is 0.0154. The molecule has 1 spiro atoms. The molecule has 2 aliphatic carbocycles. The van der Waals surface area contributed by atoms with Crippen LogP contribution in [0.3, 0.4) is 0 Å². The van der Waals surface area contributed by atoms with Crippen LogP contribution in [0.15, 0.2) is 261 Å². The van der Waals surface area contributed by atoms with Gasteiger partial charge in [0.15, 0.2) is 0 Å². The maximum atomic E-state index is 2.52. The molecule has 0 radical (unpaired) electrons. The van der Waals surface area contributed by atoms with Gasteiger partial charge in [0, 0.05) is 44.8 Å². The molecule has 3 heteroatoms. The number of para-hydroxylation sites is 6. The standard InChI is InChI=1S/C65H43N3/c1-5-23-45(24-6-1)66(46-25-7-2-8-26-46)61-42-44-22-13-14-31-50(44)62-55-34-16-19-37-57(55)65(63(61)62)56-36-18-15-32-51(56)52-41-40-49(43-58(52)65)67(47-27-9-3-10-28-47)60-39-21-35-54-53-33-17-20-38-59(53)68(64(54)60)48-29-11-4-12-30-48/h1-43H. The summed E-state index contributed by atoms with van der Waals surface area (Å²) < 4.78 is 2.45. The molecule has 68 heavy (non-hydrogen) atoms. The van der Waals surface area contributed by atoms with Crippen molar-refractivity contribution in [2.75, 3.05) is 9.80 Å². The van der Waals surface area contributed by atoms with Gasteiger partial charge in [0.25, 0.3) is 0 Å². The Bertz CT molecular complexity index is 3870. The Labute approximate surface area is 395 Å². The molecule has 0 amide bonds. The summed E-state index contributed by atoms with van der Waals surface area (Å²) in [6.45, 7) is 0. The summed E-state index contributed by atoms with van der Waals surface area (Å²) in [4.78, 5) is 4.98. The minimum Gasteiger partial charge on any atom is -0.310 e. The summed E-state index contributed by atoms with van der Waals surface area (Å²) in [5, 5.41) is 4.90. The molecular weight excluding hydrogens is 823 g/mol. The van der Waals surface area contributed by atoms with Gasteiger partial charge >= 0.3 is 0 Å². The molecule has 1 atom stereocenters. The summed E-state index contributed by atoms with van der Waals surface area (Å²) in [7, 11) is 0. The van der Waals surface area contributed by atoms with E-state index in [0.29, 0.717) is 0 Å². The highest BCUT2D eigenvalue weighted by Crippen LogP contribution is 2.67. The van der Waals surface area contributed by atoms with E-state index in [2.05, 4.69) is 275 Å². The van der Waals surface area contributed by atoms with Gasteiger partial charge < -0.3 is 14.4 Å². The van der Waals surface area contributed by atoms with Crippen LogP contribution in [0, 0.1) is 0 Å². The topological polar surface area (TPSA) is 11.4 Å². The van der Waals surface area contributed by atoms with E-state index in [4.69, 9.17) is 0 Å². The van der Waals surface area contributed by atoms with Crippen molar-refractivity contribution in [3.8, 4) is 27.9 Å². The van der Waals surface area contributed by atoms with Crippen molar-refractivity contribution in [3.05, 3.63) is 283 Å². The summed E-state index contributed by atoms with van der Waals surface area (Å²) >= 11 is 0. The second-order valence-electron chi connectivity index (χ2n) is 18.0.